The Morgan fingerprint density at radius 2 is 1.97 bits per heavy atom. The maximum Gasteiger partial charge on any atom is 0.191 e. The SMILES string of the molecule is CCNC(=NCc1cccc(OCCOC)c1)NCC(C(C)C)N1CCOCC1.I. The summed E-state index contributed by atoms with van der Waals surface area (Å²) in [4.78, 5) is 7.29. The van der Waals surface area contributed by atoms with Gasteiger partial charge in [-0.05, 0) is 30.5 Å². The minimum Gasteiger partial charge on any atom is -0.491 e. The molecule has 0 amide bonds. The maximum absolute atomic E-state index is 5.69. The molecule has 1 saturated heterocycles. The van der Waals surface area contributed by atoms with Crippen LogP contribution in [0.4, 0.5) is 0 Å². The van der Waals surface area contributed by atoms with Crippen LogP contribution in [-0.2, 0) is 16.0 Å². The Hall–Kier alpha value is -1.10. The van der Waals surface area contributed by atoms with Crippen molar-refractivity contribution in [2.24, 2.45) is 10.9 Å². The summed E-state index contributed by atoms with van der Waals surface area (Å²) in [5.74, 6) is 2.25. The number of morpholine rings is 1. The smallest absolute Gasteiger partial charge is 0.191 e. The number of halogens is 1. The summed E-state index contributed by atoms with van der Waals surface area (Å²) in [6.07, 6.45) is 0. The summed E-state index contributed by atoms with van der Waals surface area (Å²) in [7, 11) is 1.67. The van der Waals surface area contributed by atoms with Gasteiger partial charge in [0.1, 0.15) is 12.4 Å². The van der Waals surface area contributed by atoms with Crippen LogP contribution in [0.15, 0.2) is 29.3 Å². The molecule has 1 unspecified atom stereocenters. The number of guanidine groups is 1. The third-order valence-corrected chi connectivity index (χ3v) is 4.98. The van der Waals surface area contributed by atoms with Crippen LogP contribution in [0, 0.1) is 5.92 Å². The first-order valence-electron chi connectivity index (χ1n) is 10.7. The first-order chi connectivity index (χ1) is 14.1. The molecular weight excluding hydrogens is 495 g/mol. The molecule has 172 valence electrons. The lowest BCUT2D eigenvalue weighted by Crippen LogP contribution is -2.52. The van der Waals surface area contributed by atoms with Crippen molar-refractivity contribution in [1.29, 1.82) is 0 Å². The van der Waals surface area contributed by atoms with Crippen molar-refractivity contribution < 1.29 is 14.2 Å². The van der Waals surface area contributed by atoms with Gasteiger partial charge in [-0.2, -0.15) is 0 Å². The second-order valence-electron chi connectivity index (χ2n) is 7.52. The predicted octanol–water partition coefficient (Wildman–Crippen LogP) is 2.74. The fourth-order valence-corrected chi connectivity index (χ4v) is 3.39. The highest BCUT2D eigenvalue weighted by molar-refractivity contribution is 14.0. The standard InChI is InChI=1S/C22H38N4O3.HI/c1-5-23-22(25-17-21(18(2)3)26-9-11-28-12-10-26)24-16-19-7-6-8-20(15-19)29-14-13-27-4;/h6-8,15,18,21H,5,9-14,16-17H2,1-4H3,(H2,23,24,25);1H. The van der Waals surface area contributed by atoms with Crippen LogP contribution < -0.4 is 15.4 Å². The molecule has 0 saturated carbocycles. The third kappa shape index (κ3) is 9.80. The molecule has 1 aliphatic heterocycles. The molecule has 1 aromatic rings. The summed E-state index contributed by atoms with van der Waals surface area (Å²) in [6, 6.07) is 8.52. The highest BCUT2D eigenvalue weighted by Crippen LogP contribution is 2.14. The van der Waals surface area contributed by atoms with Gasteiger partial charge in [-0.3, -0.25) is 4.90 Å². The Labute approximate surface area is 199 Å². The molecule has 0 aromatic heterocycles. The Bertz CT molecular complexity index is 610. The van der Waals surface area contributed by atoms with Gasteiger partial charge in [0.25, 0.3) is 0 Å². The van der Waals surface area contributed by atoms with Crippen LogP contribution in [0.2, 0.25) is 0 Å². The molecule has 8 heteroatoms. The molecule has 1 heterocycles. The van der Waals surface area contributed by atoms with Gasteiger partial charge < -0.3 is 24.8 Å². The zero-order valence-corrected chi connectivity index (χ0v) is 21.2. The highest BCUT2D eigenvalue weighted by atomic mass is 127. The molecular formula is C22H39IN4O3. The lowest BCUT2D eigenvalue weighted by molar-refractivity contribution is 0.00752. The van der Waals surface area contributed by atoms with Crippen molar-refractivity contribution in [3.63, 3.8) is 0 Å². The molecule has 1 aromatic carbocycles. The van der Waals surface area contributed by atoms with E-state index in [4.69, 9.17) is 19.2 Å². The number of ether oxygens (including phenoxy) is 3. The second-order valence-corrected chi connectivity index (χ2v) is 7.52. The number of hydrogen-bond acceptors (Lipinski definition) is 5. The maximum atomic E-state index is 5.69. The third-order valence-electron chi connectivity index (χ3n) is 4.98. The monoisotopic (exact) mass is 534 g/mol. The van der Waals surface area contributed by atoms with E-state index in [0.29, 0.717) is 31.7 Å². The van der Waals surface area contributed by atoms with Gasteiger partial charge in [0.15, 0.2) is 5.96 Å². The van der Waals surface area contributed by atoms with Crippen LogP contribution >= 0.6 is 24.0 Å². The number of nitrogens with one attached hydrogen (secondary N) is 2. The van der Waals surface area contributed by atoms with Gasteiger partial charge in [-0.1, -0.05) is 26.0 Å². The predicted molar refractivity (Wildman–Crippen MR) is 133 cm³/mol. The summed E-state index contributed by atoms with van der Waals surface area (Å²) in [5.41, 5.74) is 1.12. The topological polar surface area (TPSA) is 67.4 Å². The van der Waals surface area contributed by atoms with E-state index in [1.165, 1.54) is 0 Å². The van der Waals surface area contributed by atoms with Gasteiger partial charge in [0.05, 0.1) is 26.4 Å². The number of nitrogens with zero attached hydrogens (tertiary/aromatic N) is 2. The highest BCUT2D eigenvalue weighted by Gasteiger charge is 2.23. The summed E-state index contributed by atoms with van der Waals surface area (Å²) >= 11 is 0. The zero-order chi connectivity index (χ0) is 20.9. The molecule has 7 nitrogen and oxygen atoms in total. The number of methoxy groups -OCH3 is 1. The van der Waals surface area contributed by atoms with Crippen molar-refractivity contribution in [1.82, 2.24) is 15.5 Å². The average Bonchev–Trinajstić information content (AvgIpc) is 2.73. The van der Waals surface area contributed by atoms with Gasteiger partial charge in [0, 0.05) is 39.3 Å². The van der Waals surface area contributed by atoms with E-state index in [9.17, 15) is 0 Å². The van der Waals surface area contributed by atoms with Crippen molar-refractivity contribution in [3.8, 4) is 5.75 Å². The summed E-state index contributed by atoms with van der Waals surface area (Å²) in [5, 5.41) is 6.89. The van der Waals surface area contributed by atoms with Gasteiger partial charge >= 0.3 is 0 Å². The van der Waals surface area contributed by atoms with Crippen LogP contribution in [-0.4, -0.2) is 76.6 Å². The second kappa shape index (κ2) is 15.7. The number of rotatable bonds is 11. The molecule has 0 spiro atoms. The van der Waals surface area contributed by atoms with E-state index in [0.717, 1.165) is 56.7 Å². The van der Waals surface area contributed by atoms with Crippen molar-refractivity contribution >= 4 is 29.9 Å². The lowest BCUT2D eigenvalue weighted by atomic mass is 10.0. The van der Waals surface area contributed by atoms with E-state index in [1.807, 2.05) is 18.2 Å². The van der Waals surface area contributed by atoms with Crippen molar-refractivity contribution in [2.75, 3.05) is 59.7 Å². The molecule has 0 aliphatic carbocycles. The van der Waals surface area contributed by atoms with E-state index < -0.39 is 0 Å². The Kier molecular flexibility index (Phi) is 14.1. The van der Waals surface area contributed by atoms with Crippen LogP contribution in [0.1, 0.15) is 26.3 Å². The van der Waals surface area contributed by atoms with E-state index in [-0.39, 0.29) is 24.0 Å². The molecule has 1 atom stereocenters. The van der Waals surface area contributed by atoms with Crippen LogP contribution in [0.5, 0.6) is 5.75 Å². The van der Waals surface area contributed by atoms with Crippen LogP contribution in [0.25, 0.3) is 0 Å². The van der Waals surface area contributed by atoms with E-state index in [2.05, 4.69) is 42.4 Å². The molecule has 2 N–H and O–H groups in total. The van der Waals surface area contributed by atoms with Gasteiger partial charge in [-0.25, -0.2) is 4.99 Å². The molecule has 30 heavy (non-hydrogen) atoms. The van der Waals surface area contributed by atoms with Crippen LogP contribution in [0.3, 0.4) is 0 Å². The van der Waals surface area contributed by atoms with Crippen molar-refractivity contribution in [3.05, 3.63) is 29.8 Å². The molecule has 0 bridgehead atoms. The minimum atomic E-state index is 0. The number of aliphatic imine (C=N–C) groups is 1. The van der Waals surface area contributed by atoms with Crippen molar-refractivity contribution in [2.45, 2.75) is 33.4 Å². The first kappa shape index (κ1) is 26.9. The molecule has 2 rings (SSSR count). The summed E-state index contributed by atoms with van der Waals surface area (Å²) < 4.78 is 16.2. The Balaban J connectivity index is 0.00000450. The average molecular weight is 534 g/mol. The zero-order valence-electron chi connectivity index (χ0n) is 18.9. The van der Waals surface area contributed by atoms with E-state index in [1.54, 1.807) is 7.11 Å². The quantitative estimate of drug-likeness (QED) is 0.197. The Morgan fingerprint density at radius 3 is 2.63 bits per heavy atom. The first-order valence-corrected chi connectivity index (χ1v) is 10.7. The van der Waals surface area contributed by atoms with Gasteiger partial charge in [-0.15, -0.1) is 24.0 Å². The molecule has 1 fully saturated rings. The van der Waals surface area contributed by atoms with Gasteiger partial charge in [0.2, 0.25) is 0 Å². The fourth-order valence-electron chi connectivity index (χ4n) is 3.39. The number of benzene rings is 1. The minimum absolute atomic E-state index is 0. The number of hydrogen-bond donors (Lipinski definition) is 2. The summed E-state index contributed by atoms with van der Waals surface area (Å²) in [6.45, 7) is 13.7. The normalized spacial score (nSPS) is 16.1. The molecule has 1 aliphatic rings. The largest absolute Gasteiger partial charge is 0.491 e. The van der Waals surface area contributed by atoms with E-state index >= 15 is 0 Å². The lowest BCUT2D eigenvalue weighted by Gasteiger charge is -2.37. The fraction of sp³-hybridized carbons (Fsp3) is 0.682. The Morgan fingerprint density at radius 1 is 1.20 bits per heavy atom. The molecule has 0 radical (unpaired) electrons.